The largest absolute Gasteiger partial charge is 0.491 e. The van der Waals surface area contributed by atoms with Crippen molar-refractivity contribution in [2.24, 2.45) is 0 Å². The molecule has 1 N–H and O–H groups in total. The summed E-state index contributed by atoms with van der Waals surface area (Å²) in [6, 6.07) is 14.2. The summed E-state index contributed by atoms with van der Waals surface area (Å²) < 4.78 is 19.3. The average molecular weight is 430 g/mol. The maximum absolute atomic E-state index is 12.9. The van der Waals surface area contributed by atoms with Gasteiger partial charge < -0.3 is 10.1 Å². The molecule has 0 spiro atoms. The van der Waals surface area contributed by atoms with Gasteiger partial charge in [-0.3, -0.25) is 9.00 Å². The molecule has 1 aliphatic rings. The van der Waals surface area contributed by atoms with E-state index in [0.29, 0.717) is 33.7 Å². The highest BCUT2D eigenvalue weighted by molar-refractivity contribution is 7.83. The third-order valence-electron chi connectivity index (χ3n) is 4.44. The van der Waals surface area contributed by atoms with Gasteiger partial charge in [0, 0.05) is 26.9 Å². The van der Waals surface area contributed by atoms with Crippen LogP contribution in [-0.2, 0) is 22.3 Å². The molecule has 3 aromatic rings. The highest BCUT2D eigenvalue weighted by Crippen LogP contribution is 2.32. The zero-order valence-corrected chi connectivity index (χ0v) is 17.6. The number of carbonyl (C=O) groups is 1. The molecule has 0 fully saturated rings. The molecule has 0 saturated carbocycles. The van der Waals surface area contributed by atoms with E-state index in [1.54, 1.807) is 41.1 Å². The molecule has 0 bridgehead atoms. The molecule has 0 aliphatic carbocycles. The van der Waals surface area contributed by atoms with E-state index in [4.69, 9.17) is 16.3 Å². The van der Waals surface area contributed by atoms with Gasteiger partial charge in [0.25, 0.3) is 5.91 Å². The Kier molecular flexibility index (Phi) is 5.43. The summed E-state index contributed by atoms with van der Waals surface area (Å²) in [7, 11) is -1.01. The fourth-order valence-electron chi connectivity index (χ4n) is 3.19. The molecule has 6 nitrogen and oxygen atoms in total. The minimum atomic E-state index is -1.01. The summed E-state index contributed by atoms with van der Waals surface area (Å²) in [6.45, 7) is 3.89. The van der Waals surface area contributed by atoms with Crippen molar-refractivity contribution in [1.82, 2.24) is 9.78 Å². The number of rotatable bonds is 5. The van der Waals surface area contributed by atoms with E-state index in [2.05, 4.69) is 10.4 Å². The lowest BCUT2D eigenvalue weighted by Gasteiger charge is -2.12. The molecular weight excluding hydrogens is 410 g/mol. The first kappa shape index (κ1) is 19.7. The summed E-state index contributed by atoms with van der Waals surface area (Å²) in [5.74, 6) is 1.71. The highest BCUT2D eigenvalue weighted by Gasteiger charge is 2.28. The van der Waals surface area contributed by atoms with Crippen LogP contribution < -0.4 is 10.1 Å². The Hall–Kier alpha value is -2.64. The van der Waals surface area contributed by atoms with Gasteiger partial charge in [-0.15, -0.1) is 0 Å². The number of carbonyl (C=O) groups excluding carboxylic acids is 1. The topological polar surface area (TPSA) is 73.2 Å². The number of fused-ring (bicyclic) bond motifs is 1. The number of amides is 1. The molecule has 0 radical (unpaired) electrons. The number of nitrogens with one attached hydrogen (secondary N) is 1. The predicted octanol–water partition coefficient (Wildman–Crippen LogP) is 4.33. The van der Waals surface area contributed by atoms with Crippen molar-refractivity contribution in [2.75, 3.05) is 5.32 Å². The Morgan fingerprint density at radius 2 is 1.97 bits per heavy atom. The van der Waals surface area contributed by atoms with E-state index in [-0.39, 0.29) is 12.0 Å². The maximum atomic E-state index is 12.9. The van der Waals surface area contributed by atoms with Gasteiger partial charge >= 0.3 is 0 Å². The summed E-state index contributed by atoms with van der Waals surface area (Å²) in [5.41, 5.74) is 2.76. The van der Waals surface area contributed by atoms with Gasteiger partial charge in [0.1, 0.15) is 11.6 Å². The van der Waals surface area contributed by atoms with Crippen molar-refractivity contribution in [3.8, 4) is 11.4 Å². The second-order valence-corrected chi connectivity index (χ2v) is 8.93. The third kappa shape index (κ3) is 4.21. The Balaban J connectivity index is 1.65. The number of nitrogens with zero attached hydrogens (tertiary/aromatic N) is 2. The molecule has 0 saturated heterocycles. The fourth-order valence-corrected chi connectivity index (χ4v) is 4.64. The summed E-state index contributed by atoms with van der Waals surface area (Å²) in [4.78, 5) is 12.9. The van der Waals surface area contributed by atoms with E-state index in [9.17, 15) is 9.00 Å². The van der Waals surface area contributed by atoms with E-state index in [1.807, 2.05) is 26.0 Å². The van der Waals surface area contributed by atoms with Crippen LogP contribution in [0.3, 0.4) is 0 Å². The minimum Gasteiger partial charge on any atom is -0.491 e. The van der Waals surface area contributed by atoms with Gasteiger partial charge in [-0.2, -0.15) is 5.10 Å². The van der Waals surface area contributed by atoms with Crippen LogP contribution >= 0.6 is 11.6 Å². The van der Waals surface area contributed by atoms with E-state index in [1.165, 1.54) is 0 Å². The molecule has 4 rings (SSSR count). The quantitative estimate of drug-likeness (QED) is 0.655. The Morgan fingerprint density at radius 1 is 1.21 bits per heavy atom. The highest BCUT2D eigenvalue weighted by atomic mass is 35.5. The Morgan fingerprint density at radius 3 is 2.66 bits per heavy atom. The van der Waals surface area contributed by atoms with Gasteiger partial charge in [0.2, 0.25) is 0 Å². The number of ether oxygens (including phenoxy) is 1. The molecular formula is C21H20ClN3O3S. The second kappa shape index (κ2) is 8.00. The van der Waals surface area contributed by atoms with Crippen molar-refractivity contribution < 1.29 is 13.7 Å². The van der Waals surface area contributed by atoms with Gasteiger partial charge in [-0.1, -0.05) is 17.7 Å². The van der Waals surface area contributed by atoms with Gasteiger partial charge in [-0.05, 0) is 56.3 Å². The average Bonchev–Trinajstić information content (AvgIpc) is 3.19. The van der Waals surface area contributed by atoms with E-state index < -0.39 is 10.8 Å². The monoisotopic (exact) mass is 429 g/mol. The van der Waals surface area contributed by atoms with Gasteiger partial charge in [0.15, 0.2) is 0 Å². The number of aromatic nitrogens is 2. The second-order valence-electron chi connectivity index (χ2n) is 7.04. The smallest absolute Gasteiger partial charge is 0.256 e. The van der Waals surface area contributed by atoms with Crippen LogP contribution in [0.4, 0.5) is 5.82 Å². The summed E-state index contributed by atoms with van der Waals surface area (Å²) in [5, 5.41) is 8.09. The van der Waals surface area contributed by atoms with E-state index >= 15 is 0 Å². The molecule has 2 heterocycles. The first-order valence-corrected chi connectivity index (χ1v) is 11.1. The van der Waals surface area contributed by atoms with Crippen molar-refractivity contribution in [3.63, 3.8) is 0 Å². The minimum absolute atomic E-state index is 0.0604. The lowest BCUT2D eigenvalue weighted by atomic mass is 10.2. The molecule has 150 valence electrons. The van der Waals surface area contributed by atoms with Crippen LogP contribution in [0.2, 0.25) is 5.02 Å². The standard InChI is InChI=1S/C21H20ClN3O3S/c1-13(2)28-17-8-6-14(7-9-17)21(26)23-20-18-11-29(27)12-19(18)24-25(20)16-5-3-4-15(22)10-16/h3-10,13H,11-12H2,1-2H3,(H,23,26)/t29-/m0/s1. The van der Waals surface area contributed by atoms with Crippen LogP contribution in [0.15, 0.2) is 48.5 Å². The van der Waals surface area contributed by atoms with Crippen LogP contribution in [0.5, 0.6) is 5.75 Å². The summed E-state index contributed by atoms with van der Waals surface area (Å²) in [6.07, 6.45) is 0.0604. The lowest BCUT2D eigenvalue weighted by molar-refractivity contribution is 0.102. The van der Waals surface area contributed by atoms with Crippen LogP contribution in [0.25, 0.3) is 5.69 Å². The molecule has 1 aromatic heterocycles. The number of hydrogen-bond donors (Lipinski definition) is 1. The van der Waals surface area contributed by atoms with Crippen LogP contribution in [-0.4, -0.2) is 26.0 Å². The Bertz CT molecular complexity index is 1090. The first-order chi connectivity index (χ1) is 13.9. The maximum Gasteiger partial charge on any atom is 0.256 e. The molecule has 1 amide bonds. The van der Waals surface area contributed by atoms with E-state index in [0.717, 1.165) is 16.9 Å². The number of benzene rings is 2. The van der Waals surface area contributed by atoms with Crippen LogP contribution in [0.1, 0.15) is 35.5 Å². The first-order valence-electron chi connectivity index (χ1n) is 9.20. The molecule has 29 heavy (non-hydrogen) atoms. The predicted molar refractivity (Wildman–Crippen MR) is 114 cm³/mol. The summed E-state index contributed by atoms with van der Waals surface area (Å²) >= 11 is 6.13. The number of hydrogen-bond acceptors (Lipinski definition) is 4. The number of anilines is 1. The molecule has 8 heteroatoms. The van der Waals surface area contributed by atoms with Crippen LogP contribution in [0, 0.1) is 0 Å². The zero-order valence-electron chi connectivity index (χ0n) is 16.0. The Labute approximate surface area is 176 Å². The van der Waals surface area contributed by atoms with Crippen molar-refractivity contribution >= 4 is 34.1 Å². The third-order valence-corrected chi connectivity index (χ3v) is 5.88. The molecule has 1 atom stereocenters. The normalized spacial score (nSPS) is 15.4. The van der Waals surface area contributed by atoms with Crippen molar-refractivity contribution in [2.45, 2.75) is 31.5 Å². The fraction of sp³-hybridized carbons (Fsp3) is 0.238. The van der Waals surface area contributed by atoms with Gasteiger partial charge in [0.05, 0.1) is 29.0 Å². The van der Waals surface area contributed by atoms with Gasteiger partial charge in [-0.25, -0.2) is 4.68 Å². The number of halogens is 1. The molecule has 2 aromatic carbocycles. The SMILES string of the molecule is CC(C)Oc1ccc(C(=O)Nc2c3c(nn2-c2cccc(Cl)c2)C[S@@](=O)C3)cc1. The molecule has 0 unspecified atom stereocenters. The lowest BCUT2D eigenvalue weighted by Crippen LogP contribution is -2.16. The van der Waals surface area contributed by atoms with Crippen molar-refractivity contribution in [3.05, 3.63) is 70.4 Å². The van der Waals surface area contributed by atoms with Crippen molar-refractivity contribution in [1.29, 1.82) is 0 Å². The zero-order chi connectivity index (χ0) is 20.5. The molecule has 1 aliphatic heterocycles.